The van der Waals surface area contributed by atoms with E-state index in [2.05, 4.69) is 5.32 Å². The second-order valence-electron chi connectivity index (χ2n) is 5.93. The lowest BCUT2D eigenvalue weighted by molar-refractivity contribution is -0.121. The van der Waals surface area contributed by atoms with E-state index >= 15 is 0 Å². The van der Waals surface area contributed by atoms with Crippen LogP contribution in [-0.2, 0) is 9.36 Å². The fourth-order valence-corrected chi connectivity index (χ4v) is 4.56. The van der Waals surface area contributed by atoms with Crippen molar-refractivity contribution in [3.05, 3.63) is 75.8 Å². The molecule has 0 aliphatic rings. The van der Waals surface area contributed by atoms with E-state index in [0.29, 0.717) is 10.6 Å². The van der Waals surface area contributed by atoms with Gasteiger partial charge in [0.25, 0.3) is 0 Å². The van der Waals surface area contributed by atoms with Crippen LogP contribution in [0.4, 0.5) is 8.78 Å². The van der Waals surface area contributed by atoms with Gasteiger partial charge in [-0.15, -0.1) is 11.3 Å². The van der Waals surface area contributed by atoms with Crippen molar-refractivity contribution in [1.82, 2.24) is 5.32 Å². The topological polar surface area (TPSA) is 66.4 Å². The number of hydrogen-bond acceptors (Lipinski definition) is 3. The van der Waals surface area contributed by atoms with Gasteiger partial charge in [0.2, 0.25) is 5.91 Å². The number of carbonyl (C=O) groups is 1. The largest absolute Gasteiger partial charge is 0.506 e. The van der Waals surface area contributed by atoms with Gasteiger partial charge in [0.15, 0.2) is 6.16 Å². The third-order valence-corrected chi connectivity index (χ3v) is 5.94. The van der Waals surface area contributed by atoms with Gasteiger partial charge in [-0.3, -0.25) is 4.79 Å². The monoisotopic (exact) mass is 440 g/mol. The van der Waals surface area contributed by atoms with Crippen molar-refractivity contribution >= 4 is 53.0 Å². The number of amides is 1. The molecule has 0 radical (unpaired) electrons. The van der Waals surface area contributed by atoms with Gasteiger partial charge in [-0.25, -0.2) is 8.78 Å². The van der Waals surface area contributed by atoms with Gasteiger partial charge >= 0.3 is 8.03 Å². The Bertz CT molecular complexity index is 1090. The lowest BCUT2D eigenvalue weighted by atomic mass is 9.99. The van der Waals surface area contributed by atoms with Crippen LogP contribution in [0, 0.1) is 11.6 Å². The Hall–Kier alpha value is -2.18. The molecular formula is C19H14ClF2NO3PS+. The van der Waals surface area contributed by atoms with E-state index in [-0.39, 0.29) is 11.7 Å². The van der Waals surface area contributed by atoms with Crippen LogP contribution in [0.3, 0.4) is 0 Å². The zero-order valence-corrected chi connectivity index (χ0v) is 16.7. The Morgan fingerprint density at radius 2 is 2.07 bits per heavy atom. The minimum atomic E-state index is -2.57. The van der Waals surface area contributed by atoms with Crippen molar-refractivity contribution in [3.63, 3.8) is 0 Å². The molecule has 28 heavy (non-hydrogen) atoms. The zero-order chi connectivity index (χ0) is 20.3. The molecule has 0 saturated carbocycles. The van der Waals surface area contributed by atoms with Gasteiger partial charge in [0.05, 0.1) is 0 Å². The molecule has 1 aromatic heterocycles. The Labute approximate surface area is 169 Å². The fourth-order valence-electron chi connectivity index (χ4n) is 2.72. The summed E-state index contributed by atoms with van der Waals surface area (Å²) >= 11 is 7.44. The normalized spacial score (nSPS) is 13.1. The first kappa shape index (κ1) is 20.6. The number of carbonyl (C=O) groups excluding carboxylic acids is 1. The van der Waals surface area contributed by atoms with Crippen molar-refractivity contribution < 1.29 is 23.0 Å². The summed E-state index contributed by atoms with van der Waals surface area (Å²) < 4.78 is 38.9. The predicted octanol–water partition coefficient (Wildman–Crippen LogP) is 5.44. The molecule has 1 heterocycles. The summed E-state index contributed by atoms with van der Waals surface area (Å²) in [6, 6.07) is 8.33. The molecule has 0 spiro atoms. The number of hydrogen-bond donors (Lipinski definition) is 2. The Kier molecular flexibility index (Phi) is 6.52. The van der Waals surface area contributed by atoms with Crippen molar-refractivity contribution in [2.24, 2.45) is 0 Å². The van der Waals surface area contributed by atoms with Gasteiger partial charge in [0.1, 0.15) is 17.6 Å². The molecule has 4 nitrogen and oxygen atoms in total. The molecule has 0 aliphatic carbocycles. The second kappa shape index (κ2) is 8.88. The fraction of sp³-hybridized carbons (Fsp3) is 0.105. The van der Waals surface area contributed by atoms with E-state index in [4.69, 9.17) is 11.6 Å². The van der Waals surface area contributed by atoms with Crippen LogP contribution < -0.4 is 5.32 Å². The summed E-state index contributed by atoms with van der Waals surface area (Å²) in [6.07, 6.45) is 2.24. The highest BCUT2D eigenvalue weighted by atomic mass is 35.5. The first-order valence-corrected chi connectivity index (χ1v) is 10.7. The summed E-state index contributed by atoms with van der Waals surface area (Å²) in [5.74, 6) is -2.87. The molecule has 2 atom stereocenters. The standard InChI is InChI=1S/C19H13ClF2NO3PS/c20-12-2-4-18-14(7-12)16(10-28-18)15(9-27(25)26)19(24)23-6-5-11-1-3-13(21)8-17(11)22/h1-8,10,15H,9H2,(H-,23,24,25,26)/p+1/b6-5+. The van der Waals surface area contributed by atoms with Crippen LogP contribution in [-0.4, -0.2) is 17.0 Å². The zero-order valence-electron chi connectivity index (χ0n) is 14.2. The molecule has 0 fully saturated rings. The van der Waals surface area contributed by atoms with E-state index in [0.717, 1.165) is 22.2 Å². The van der Waals surface area contributed by atoms with Crippen LogP contribution in [0.25, 0.3) is 16.2 Å². The van der Waals surface area contributed by atoms with Crippen LogP contribution in [0.5, 0.6) is 0 Å². The van der Waals surface area contributed by atoms with Gasteiger partial charge in [-0.2, -0.15) is 4.89 Å². The summed E-state index contributed by atoms with van der Waals surface area (Å²) in [6.45, 7) is 0. The highest BCUT2D eigenvalue weighted by Gasteiger charge is 2.31. The molecule has 2 N–H and O–H groups in total. The van der Waals surface area contributed by atoms with E-state index < -0.39 is 31.5 Å². The van der Waals surface area contributed by atoms with E-state index in [1.54, 1.807) is 17.5 Å². The van der Waals surface area contributed by atoms with Crippen molar-refractivity contribution in [2.45, 2.75) is 5.92 Å². The molecule has 0 aliphatic heterocycles. The highest BCUT2D eigenvalue weighted by molar-refractivity contribution is 7.38. The summed E-state index contributed by atoms with van der Waals surface area (Å²) in [7, 11) is -2.57. The summed E-state index contributed by atoms with van der Waals surface area (Å²) in [5, 5.41) is 5.49. The molecule has 144 valence electrons. The van der Waals surface area contributed by atoms with Gasteiger partial charge < -0.3 is 5.32 Å². The van der Waals surface area contributed by atoms with E-state index in [9.17, 15) is 23.0 Å². The number of halogens is 3. The Morgan fingerprint density at radius 3 is 2.79 bits per heavy atom. The third kappa shape index (κ3) is 4.80. The highest BCUT2D eigenvalue weighted by Crippen LogP contribution is 2.36. The van der Waals surface area contributed by atoms with Gasteiger partial charge in [-0.05, 0) is 57.3 Å². The molecule has 1 amide bonds. The number of nitrogens with one attached hydrogen (secondary N) is 1. The van der Waals surface area contributed by atoms with Crippen LogP contribution >= 0.6 is 31.0 Å². The lowest BCUT2D eigenvalue weighted by Gasteiger charge is -2.10. The molecule has 2 unspecified atom stereocenters. The average Bonchev–Trinajstić information content (AvgIpc) is 3.04. The number of rotatable bonds is 6. The summed E-state index contributed by atoms with van der Waals surface area (Å²) in [5.41, 5.74) is 0.693. The minimum absolute atomic E-state index is 0.0965. The molecular weight excluding hydrogens is 427 g/mol. The number of thiophene rings is 1. The number of benzene rings is 2. The van der Waals surface area contributed by atoms with Crippen LogP contribution in [0.2, 0.25) is 5.02 Å². The molecule has 2 aromatic carbocycles. The Morgan fingerprint density at radius 1 is 1.29 bits per heavy atom. The predicted molar refractivity (Wildman–Crippen MR) is 108 cm³/mol. The van der Waals surface area contributed by atoms with Crippen LogP contribution in [0.15, 0.2) is 48.0 Å². The smallest absolute Gasteiger partial charge is 0.332 e. The Balaban J connectivity index is 1.84. The summed E-state index contributed by atoms with van der Waals surface area (Å²) in [4.78, 5) is 22.0. The molecule has 0 bridgehead atoms. The van der Waals surface area contributed by atoms with Gasteiger partial charge in [0, 0.05) is 27.6 Å². The maximum atomic E-state index is 13.7. The van der Waals surface area contributed by atoms with Crippen LogP contribution in [0.1, 0.15) is 17.0 Å². The van der Waals surface area contributed by atoms with Crippen molar-refractivity contribution in [3.8, 4) is 0 Å². The van der Waals surface area contributed by atoms with E-state index in [1.807, 2.05) is 6.07 Å². The molecule has 3 rings (SSSR count). The third-order valence-electron chi connectivity index (χ3n) is 4.05. The van der Waals surface area contributed by atoms with E-state index in [1.165, 1.54) is 29.7 Å². The maximum absolute atomic E-state index is 13.7. The number of fused-ring (bicyclic) bond motifs is 1. The molecule has 9 heteroatoms. The molecule has 3 aromatic rings. The first-order valence-electron chi connectivity index (χ1n) is 8.07. The average molecular weight is 441 g/mol. The second-order valence-corrected chi connectivity index (χ2v) is 8.34. The van der Waals surface area contributed by atoms with Crippen molar-refractivity contribution in [1.29, 1.82) is 0 Å². The van der Waals surface area contributed by atoms with Crippen molar-refractivity contribution in [2.75, 3.05) is 6.16 Å². The quantitative estimate of drug-likeness (QED) is 0.502. The lowest BCUT2D eigenvalue weighted by Crippen LogP contribution is -2.26. The molecule has 0 saturated heterocycles. The SMILES string of the molecule is O=C(N/C=C/c1ccc(F)cc1F)C(C[P+](=O)O)c1csc2ccc(Cl)cc12. The first-order chi connectivity index (χ1) is 13.3. The van der Waals surface area contributed by atoms with Gasteiger partial charge in [-0.1, -0.05) is 11.6 Å². The minimum Gasteiger partial charge on any atom is -0.332 e. The maximum Gasteiger partial charge on any atom is 0.506 e.